The second-order valence-electron chi connectivity index (χ2n) is 5.01. The van der Waals surface area contributed by atoms with Crippen LogP contribution in [0.5, 0.6) is 0 Å². The third-order valence-electron chi connectivity index (χ3n) is 3.59. The van der Waals surface area contributed by atoms with Gasteiger partial charge < -0.3 is 38.0 Å². The van der Waals surface area contributed by atoms with Crippen LogP contribution in [0.15, 0.2) is 41.5 Å². The van der Waals surface area contributed by atoms with Crippen LogP contribution in [0.1, 0.15) is 28.9 Å². The van der Waals surface area contributed by atoms with Crippen molar-refractivity contribution in [2.24, 2.45) is 7.05 Å². The number of aromatic nitrogens is 1. The number of carbonyl (C=O) groups is 1. The monoisotopic (exact) mass is 428 g/mol. The Morgan fingerprint density at radius 2 is 1.96 bits per heavy atom. The molecule has 0 aliphatic rings. The van der Waals surface area contributed by atoms with E-state index in [1.807, 2.05) is 42.6 Å². The summed E-state index contributed by atoms with van der Waals surface area (Å²) in [5.74, 6) is 0.373. The van der Waals surface area contributed by atoms with E-state index < -0.39 is 0 Å². The summed E-state index contributed by atoms with van der Waals surface area (Å²) in [6.45, 7) is 8.20. The van der Waals surface area contributed by atoms with Crippen molar-refractivity contribution in [3.8, 4) is 0 Å². The Morgan fingerprint density at radius 3 is 2.43 bits per heavy atom. The molecule has 0 N–H and O–H groups in total. The summed E-state index contributed by atoms with van der Waals surface area (Å²) < 4.78 is 12.5. The van der Waals surface area contributed by atoms with Gasteiger partial charge in [0.15, 0.2) is 6.26 Å². The highest BCUT2D eigenvalue weighted by Gasteiger charge is 2.22. The van der Waals surface area contributed by atoms with E-state index in [2.05, 4.69) is 6.58 Å². The average molecular weight is 428 g/mol. The fourth-order valence-electron chi connectivity index (χ4n) is 2.06. The summed E-state index contributed by atoms with van der Waals surface area (Å²) in [6, 6.07) is 7.19. The maximum absolute atomic E-state index is 11.7. The number of anilines is 1. The molecule has 5 nitrogen and oxygen atoms in total. The lowest BCUT2D eigenvalue weighted by molar-refractivity contribution is -0.682. The third kappa shape index (κ3) is 4.13. The molecule has 1 aromatic heterocycles. The molecule has 0 unspecified atom stereocenters. The molecule has 124 valence electrons. The van der Waals surface area contributed by atoms with Gasteiger partial charge in [-0.15, -0.1) is 0 Å². The molecule has 0 atom stereocenters. The number of benzene rings is 1. The quantitative estimate of drug-likeness (QED) is 0.373. The van der Waals surface area contributed by atoms with Gasteiger partial charge in [0.2, 0.25) is 5.69 Å². The summed E-state index contributed by atoms with van der Waals surface area (Å²) in [4.78, 5) is 13.6. The predicted octanol–water partition coefficient (Wildman–Crippen LogP) is -0.300. The lowest BCUT2D eigenvalue weighted by atomic mass is 10.2. The van der Waals surface area contributed by atoms with E-state index in [0.29, 0.717) is 18.1 Å². The Hall–Kier alpha value is -1.83. The van der Waals surface area contributed by atoms with Crippen molar-refractivity contribution in [2.45, 2.75) is 13.8 Å². The highest BCUT2D eigenvalue weighted by molar-refractivity contribution is 5.90. The number of hydrogen-bond acceptors (Lipinski definition) is 4. The van der Waals surface area contributed by atoms with Crippen LogP contribution in [0.25, 0.3) is 5.70 Å². The van der Waals surface area contributed by atoms with Gasteiger partial charge in [-0.1, -0.05) is 6.58 Å². The second-order valence-corrected chi connectivity index (χ2v) is 5.01. The van der Waals surface area contributed by atoms with Gasteiger partial charge in [0.25, 0.3) is 0 Å². The minimum absolute atomic E-state index is 0. The van der Waals surface area contributed by atoms with E-state index in [1.165, 1.54) is 0 Å². The Bertz CT molecular complexity index is 692. The molecule has 2 rings (SSSR count). The molecule has 0 amide bonds. The zero-order valence-corrected chi connectivity index (χ0v) is 16.0. The van der Waals surface area contributed by atoms with Crippen LogP contribution in [0.4, 0.5) is 5.69 Å². The number of nitrogens with zero attached hydrogens (tertiary/aromatic N) is 2. The Morgan fingerprint density at radius 1 is 1.35 bits per heavy atom. The molecule has 0 aliphatic carbocycles. The minimum atomic E-state index is -0.316. The molecule has 1 aromatic carbocycles. The number of esters is 1. The number of aryl methyl sites for hydroxylation is 1. The van der Waals surface area contributed by atoms with Crippen molar-refractivity contribution in [2.75, 3.05) is 18.6 Å². The van der Waals surface area contributed by atoms with Crippen LogP contribution in [-0.4, -0.2) is 19.6 Å². The normalized spacial score (nSPS) is 9.91. The number of halogens is 1. The van der Waals surface area contributed by atoms with Crippen LogP contribution in [0, 0.1) is 6.92 Å². The molecule has 1 heterocycles. The molecule has 0 spiro atoms. The fraction of sp³-hybridized carbons (Fsp3) is 0.294. The number of hydrogen-bond donors (Lipinski definition) is 0. The topological polar surface area (TPSA) is 46.6 Å². The number of ether oxygens (including phenoxy) is 1. The number of carbonyl (C=O) groups excluding carboxylic acids is 1. The minimum Gasteiger partial charge on any atom is -1.00 e. The summed E-state index contributed by atoms with van der Waals surface area (Å²) in [5.41, 5.74) is 3.19. The molecule has 0 fully saturated rings. The Kier molecular flexibility index (Phi) is 6.80. The van der Waals surface area contributed by atoms with Crippen molar-refractivity contribution in [1.29, 1.82) is 0 Å². The number of oxazole rings is 1. The van der Waals surface area contributed by atoms with Gasteiger partial charge >= 0.3 is 11.9 Å². The fourth-order valence-corrected chi connectivity index (χ4v) is 2.06. The number of rotatable bonds is 5. The first-order valence-electron chi connectivity index (χ1n) is 7.10. The van der Waals surface area contributed by atoms with Gasteiger partial charge in [0.1, 0.15) is 12.7 Å². The first-order chi connectivity index (χ1) is 10.5. The zero-order valence-electron chi connectivity index (χ0n) is 13.8. The largest absolute Gasteiger partial charge is 1.00 e. The smallest absolute Gasteiger partial charge is 0.396 e. The molecular formula is C17H21IN2O3. The first-order valence-corrected chi connectivity index (χ1v) is 7.10. The maximum atomic E-state index is 11.7. The van der Waals surface area contributed by atoms with E-state index in [4.69, 9.17) is 9.15 Å². The molecular weight excluding hydrogens is 407 g/mol. The Labute approximate surface area is 153 Å². The Balaban J connectivity index is 0.00000264. The summed E-state index contributed by atoms with van der Waals surface area (Å²) >= 11 is 0. The van der Waals surface area contributed by atoms with Gasteiger partial charge in [0, 0.05) is 19.7 Å². The lowest BCUT2D eigenvalue weighted by Gasteiger charge is -2.18. The van der Waals surface area contributed by atoms with Gasteiger partial charge in [-0.25, -0.2) is 4.79 Å². The predicted molar refractivity (Wildman–Crippen MR) is 84.5 cm³/mol. The molecule has 0 saturated heterocycles. The summed E-state index contributed by atoms with van der Waals surface area (Å²) in [6.07, 6.45) is 1.69. The van der Waals surface area contributed by atoms with Gasteiger partial charge in [0.05, 0.1) is 12.2 Å². The lowest BCUT2D eigenvalue weighted by Crippen LogP contribution is -3.00. The standard InChI is InChI=1S/C17H21N2O3.HI/c1-6-21-17(20)14-7-9-15(10-8-14)19(5)13(3)16-18(4)12(2)11-22-16;/h7-11H,3,6H2,1-2,4-5H3;1H/q+1;/p-1. The van der Waals surface area contributed by atoms with Crippen molar-refractivity contribution >= 4 is 17.4 Å². The average Bonchev–Trinajstić information content (AvgIpc) is 2.86. The van der Waals surface area contributed by atoms with Crippen molar-refractivity contribution in [3.05, 3.63) is 54.3 Å². The van der Waals surface area contributed by atoms with Gasteiger partial charge in [-0.2, -0.15) is 4.57 Å². The van der Waals surface area contributed by atoms with E-state index in [9.17, 15) is 4.79 Å². The van der Waals surface area contributed by atoms with Crippen molar-refractivity contribution in [1.82, 2.24) is 0 Å². The highest BCUT2D eigenvalue weighted by atomic mass is 127. The highest BCUT2D eigenvalue weighted by Crippen LogP contribution is 2.22. The molecule has 0 saturated carbocycles. The molecule has 0 aliphatic heterocycles. The summed E-state index contributed by atoms with van der Waals surface area (Å²) in [5, 5.41) is 0. The molecule has 23 heavy (non-hydrogen) atoms. The van der Waals surface area contributed by atoms with Gasteiger partial charge in [-0.05, 0) is 31.2 Å². The first kappa shape index (κ1) is 19.2. The zero-order chi connectivity index (χ0) is 16.3. The van der Waals surface area contributed by atoms with Crippen LogP contribution < -0.4 is 33.4 Å². The van der Waals surface area contributed by atoms with E-state index in [0.717, 1.165) is 17.1 Å². The third-order valence-corrected chi connectivity index (χ3v) is 3.59. The maximum Gasteiger partial charge on any atom is 0.396 e. The van der Waals surface area contributed by atoms with Crippen LogP contribution in [-0.2, 0) is 11.8 Å². The van der Waals surface area contributed by atoms with Crippen molar-refractivity contribution in [3.63, 3.8) is 0 Å². The SMILES string of the molecule is C=C(c1occ(C)[n+]1C)N(C)c1ccc(C(=O)OCC)cc1.[I-]. The van der Waals surface area contributed by atoms with Crippen molar-refractivity contribution < 1.29 is 42.5 Å². The summed E-state index contributed by atoms with van der Waals surface area (Å²) in [7, 11) is 3.83. The van der Waals surface area contributed by atoms with E-state index >= 15 is 0 Å². The van der Waals surface area contributed by atoms with E-state index in [-0.39, 0.29) is 29.9 Å². The van der Waals surface area contributed by atoms with E-state index in [1.54, 1.807) is 25.3 Å². The van der Waals surface area contributed by atoms with Crippen LogP contribution in [0.3, 0.4) is 0 Å². The van der Waals surface area contributed by atoms with Crippen LogP contribution in [0.2, 0.25) is 0 Å². The molecule has 0 radical (unpaired) electrons. The molecule has 2 aromatic rings. The molecule has 0 bridgehead atoms. The van der Waals surface area contributed by atoms with Gasteiger partial charge in [-0.3, -0.25) is 0 Å². The second kappa shape index (κ2) is 8.14. The van der Waals surface area contributed by atoms with Crippen LogP contribution >= 0.6 is 0 Å². The molecule has 6 heteroatoms.